The van der Waals surface area contributed by atoms with Crippen molar-refractivity contribution < 1.29 is 0 Å². The van der Waals surface area contributed by atoms with Crippen molar-refractivity contribution in [2.45, 2.75) is 32.4 Å². The number of nitrogens with one attached hydrogen (secondary N) is 1. The predicted molar refractivity (Wildman–Crippen MR) is 48.1 cm³/mol. The molecule has 0 spiro atoms. The fourth-order valence-corrected chi connectivity index (χ4v) is 2.33. The molecule has 0 heterocycles. The van der Waals surface area contributed by atoms with Crippen molar-refractivity contribution >= 4 is 16.0 Å². The minimum atomic E-state index is 0.269. The number of hydrogen-bond acceptors (Lipinski definition) is 1. The van der Waals surface area contributed by atoms with Gasteiger partial charge in [-0.25, -0.2) is 0 Å². The molecule has 56 valence electrons. The molecule has 0 aliphatic rings. The van der Waals surface area contributed by atoms with Gasteiger partial charge in [0, 0.05) is 4.75 Å². The Hall–Kier alpha value is 0.180. The Balaban J connectivity index is 4.14. The summed E-state index contributed by atoms with van der Waals surface area (Å²) in [5.74, 6) is 0. The molecule has 0 aromatic heterocycles. The zero-order valence-corrected chi connectivity index (χ0v) is 7.80. The van der Waals surface area contributed by atoms with Crippen LogP contribution in [0.25, 0.3) is 0 Å². The van der Waals surface area contributed by atoms with Gasteiger partial charge in [0.1, 0.15) is 0 Å². The minimum absolute atomic E-state index is 0.269. The number of hydrogen-bond donors (Lipinski definition) is 1. The SMILES string of the molecule is CC=S(NC)C(C)(C)C. The zero-order chi connectivity index (χ0) is 7.49. The van der Waals surface area contributed by atoms with Gasteiger partial charge in [-0.2, -0.15) is 0 Å². The molecule has 0 radical (unpaired) electrons. The van der Waals surface area contributed by atoms with Crippen LogP contribution in [0.5, 0.6) is 0 Å². The van der Waals surface area contributed by atoms with E-state index in [-0.39, 0.29) is 10.7 Å². The summed E-state index contributed by atoms with van der Waals surface area (Å²) in [7, 11) is 2.28. The fraction of sp³-hybridized carbons (Fsp3) is 0.857. The molecular formula is C7H17NS. The summed E-state index contributed by atoms with van der Waals surface area (Å²) < 4.78 is 3.64. The topological polar surface area (TPSA) is 12.0 Å². The van der Waals surface area contributed by atoms with Gasteiger partial charge in [0.25, 0.3) is 0 Å². The van der Waals surface area contributed by atoms with E-state index in [0.29, 0.717) is 4.75 Å². The highest BCUT2D eigenvalue weighted by Crippen LogP contribution is 2.25. The van der Waals surface area contributed by atoms with Crippen LogP contribution in [0, 0.1) is 0 Å². The summed E-state index contributed by atoms with van der Waals surface area (Å²) in [6, 6.07) is 0. The third-order valence-electron chi connectivity index (χ3n) is 1.12. The second-order valence-corrected chi connectivity index (χ2v) is 5.67. The molecule has 0 fully saturated rings. The third-order valence-corrected chi connectivity index (χ3v) is 3.35. The quantitative estimate of drug-likeness (QED) is 0.559. The maximum Gasteiger partial charge on any atom is 0.0154 e. The summed E-state index contributed by atoms with van der Waals surface area (Å²) >= 11 is 0. The van der Waals surface area contributed by atoms with E-state index >= 15 is 0 Å². The van der Waals surface area contributed by atoms with Crippen molar-refractivity contribution in [1.29, 1.82) is 0 Å². The fourth-order valence-electron chi connectivity index (χ4n) is 0.778. The summed E-state index contributed by atoms with van der Waals surface area (Å²) in [6.45, 7) is 8.83. The van der Waals surface area contributed by atoms with Crippen LogP contribution in [0.2, 0.25) is 0 Å². The Labute approximate surface area is 60.9 Å². The predicted octanol–water partition coefficient (Wildman–Crippen LogP) is 2.01. The largest absolute Gasteiger partial charge is 0.273 e. The van der Waals surface area contributed by atoms with Crippen molar-refractivity contribution in [1.82, 2.24) is 4.72 Å². The Morgan fingerprint density at radius 1 is 1.33 bits per heavy atom. The molecule has 0 aromatic rings. The first kappa shape index (κ1) is 9.18. The van der Waals surface area contributed by atoms with E-state index in [1.807, 2.05) is 7.05 Å². The smallest absolute Gasteiger partial charge is 0.0154 e. The molecule has 2 heteroatoms. The average molecular weight is 147 g/mol. The highest BCUT2D eigenvalue weighted by atomic mass is 32.2. The molecule has 9 heavy (non-hydrogen) atoms. The molecule has 1 unspecified atom stereocenters. The van der Waals surface area contributed by atoms with Crippen LogP contribution in [0.15, 0.2) is 0 Å². The summed E-state index contributed by atoms with van der Waals surface area (Å²) in [6.07, 6.45) is 0. The van der Waals surface area contributed by atoms with E-state index in [0.717, 1.165) is 0 Å². The number of rotatable bonds is 1. The summed E-state index contributed by atoms with van der Waals surface area (Å²) in [4.78, 5) is 0. The van der Waals surface area contributed by atoms with Gasteiger partial charge in [-0.15, -0.1) is 10.7 Å². The molecule has 0 rings (SSSR count). The Kier molecular flexibility index (Phi) is 3.44. The standard InChI is InChI=1S/C7H17NS/c1-6-9(8-5)7(2,3)4/h6,8H,1-5H3. The maximum atomic E-state index is 3.26. The Morgan fingerprint density at radius 2 is 1.78 bits per heavy atom. The molecule has 1 nitrogen and oxygen atoms in total. The summed E-state index contributed by atoms with van der Waals surface area (Å²) in [5, 5.41) is 2.22. The van der Waals surface area contributed by atoms with Crippen molar-refractivity contribution in [3.8, 4) is 0 Å². The first-order chi connectivity index (χ1) is 4.02. The average Bonchev–Trinajstić information content (AvgIpc) is 1.65. The van der Waals surface area contributed by atoms with E-state index in [1.54, 1.807) is 0 Å². The molecule has 0 saturated heterocycles. The van der Waals surface area contributed by atoms with Crippen molar-refractivity contribution in [3.63, 3.8) is 0 Å². The van der Waals surface area contributed by atoms with Crippen LogP contribution >= 0.6 is 10.7 Å². The third kappa shape index (κ3) is 3.01. The molecule has 0 aliphatic carbocycles. The highest BCUT2D eigenvalue weighted by Gasteiger charge is 2.11. The Bertz CT molecular complexity index is 111. The molecule has 0 amide bonds. The minimum Gasteiger partial charge on any atom is -0.273 e. The lowest BCUT2D eigenvalue weighted by molar-refractivity contribution is 0.795. The van der Waals surface area contributed by atoms with Crippen molar-refractivity contribution in [2.75, 3.05) is 7.05 Å². The lowest BCUT2D eigenvalue weighted by Gasteiger charge is -2.23. The van der Waals surface area contributed by atoms with Gasteiger partial charge in [-0.3, -0.25) is 4.72 Å². The lowest BCUT2D eigenvalue weighted by Crippen LogP contribution is -2.18. The van der Waals surface area contributed by atoms with Crippen molar-refractivity contribution in [3.05, 3.63) is 0 Å². The molecule has 0 bridgehead atoms. The summed E-state index contributed by atoms with van der Waals surface area (Å²) in [5.41, 5.74) is 0. The monoisotopic (exact) mass is 147 g/mol. The van der Waals surface area contributed by atoms with Crippen LogP contribution in [-0.2, 0) is 0 Å². The second kappa shape index (κ2) is 3.37. The van der Waals surface area contributed by atoms with E-state index < -0.39 is 0 Å². The Morgan fingerprint density at radius 3 is 1.78 bits per heavy atom. The molecule has 0 aliphatic heterocycles. The molecule has 0 aromatic carbocycles. The van der Waals surface area contributed by atoms with Gasteiger partial charge in [0.15, 0.2) is 0 Å². The normalized spacial score (nSPS) is 16.1. The molecular weight excluding hydrogens is 130 g/mol. The highest BCUT2D eigenvalue weighted by molar-refractivity contribution is 8.14. The van der Waals surface area contributed by atoms with E-state index in [1.165, 1.54) is 0 Å². The van der Waals surface area contributed by atoms with Crippen LogP contribution in [0.1, 0.15) is 27.7 Å². The van der Waals surface area contributed by atoms with Crippen LogP contribution in [0.3, 0.4) is 0 Å². The van der Waals surface area contributed by atoms with E-state index in [4.69, 9.17) is 0 Å². The molecule has 1 N–H and O–H groups in total. The van der Waals surface area contributed by atoms with E-state index in [9.17, 15) is 0 Å². The molecule has 0 saturated carbocycles. The first-order valence-corrected chi connectivity index (χ1v) is 4.51. The lowest BCUT2D eigenvalue weighted by atomic mass is 10.3. The zero-order valence-electron chi connectivity index (χ0n) is 6.99. The van der Waals surface area contributed by atoms with Crippen LogP contribution < -0.4 is 4.72 Å². The second-order valence-electron chi connectivity index (χ2n) is 2.89. The van der Waals surface area contributed by atoms with Gasteiger partial charge in [0.2, 0.25) is 0 Å². The van der Waals surface area contributed by atoms with E-state index in [2.05, 4.69) is 37.8 Å². The van der Waals surface area contributed by atoms with Crippen molar-refractivity contribution in [2.24, 2.45) is 0 Å². The first-order valence-electron chi connectivity index (χ1n) is 3.22. The van der Waals surface area contributed by atoms with Crippen LogP contribution in [0.4, 0.5) is 0 Å². The van der Waals surface area contributed by atoms with Gasteiger partial charge in [0.05, 0.1) is 0 Å². The van der Waals surface area contributed by atoms with Crippen LogP contribution in [-0.4, -0.2) is 17.2 Å². The molecule has 1 atom stereocenters. The van der Waals surface area contributed by atoms with Gasteiger partial charge in [-0.05, 0) is 19.3 Å². The van der Waals surface area contributed by atoms with Gasteiger partial charge < -0.3 is 0 Å². The van der Waals surface area contributed by atoms with Gasteiger partial charge >= 0.3 is 0 Å². The van der Waals surface area contributed by atoms with Gasteiger partial charge in [-0.1, -0.05) is 20.8 Å². The maximum absolute atomic E-state index is 3.26.